The van der Waals surface area contributed by atoms with Crippen LogP contribution >= 0.6 is 11.6 Å². The van der Waals surface area contributed by atoms with E-state index in [1.807, 2.05) is 30.1 Å². The molecule has 0 atom stereocenters. The van der Waals surface area contributed by atoms with Crippen molar-refractivity contribution >= 4 is 17.3 Å². The second-order valence-electron chi connectivity index (χ2n) is 2.86. The summed E-state index contributed by atoms with van der Waals surface area (Å²) in [5.41, 5.74) is 0.998. The topological polar surface area (TPSA) is 21.7 Å². The van der Waals surface area contributed by atoms with Crippen LogP contribution in [0.4, 0.5) is 5.69 Å². The lowest BCUT2D eigenvalue weighted by Crippen LogP contribution is -2.14. The lowest BCUT2D eigenvalue weighted by Gasteiger charge is -2.17. The van der Waals surface area contributed by atoms with Gasteiger partial charge in [0.25, 0.3) is 0 Å². The molecular formula is C10H14ClNO2. The summed E-state index contributed by atoms with van der Waals surface area (Å²) in [5, 5.41) is 0. The van der Waals surface area contributed by atoms with Crippen LogP contribution < -0.4 is 14.4 Å². The SMILES string of the molecule is COc1ccc(N(C)CCl)cc1OC. The normalized spacial score (nSPS) is 9.71. The van der Waals surface area contributed by atoms with E-state index < -0.39 is 0 Å². The third-order valence-corrected chi connectivity index (χ3v) is 2.35. The van der Waals surface area contributed by atoms with E-state index in [1.54, 1.807) is 14.2 Å². The summed E-state index contributed by atoms with van der Waals surface area (Å²) in [7, 11) is 5.14. The van der Waals surface area contributed by atoms with Crippen LogP contribution in [0.15, 0.2) is 18.2 Å². The van der Waals surface area contributed by atoms with Crippen molar-refractivity contribution in [1.29, 1.82) is 0 Å². The molecular weight excluding hydrogens is 202 g/mol. The Morgan fingerprint density at radius 1 is 1.21 bits per heavy atom. The Bertz CT molecular complexity index is 304. The van der Waals surface area contributed by atoms with E-state index in [9.17, 15) is 0 Å². The summed E-state index contributed by atoms with van der Waals surface area (Å²) in [6.07, 6.45) is 0. The number of benzene rings is 1. The molecule has 0 saturated carbocycles. The van der Waals surface area contributed by atoms with E-state index >= 15 is 0 Å². The molecule has 0 radical (unpaired) electrons. The van der Waals surface area contributed by atoms with E-state index in [0.717, 1.165) is 11.4 Å². The lowest BCUT2D eigenvalue weighted by atomic mass is 10.2. The summed E-state index contributed by atoms with van der Waals surface area (Å²) in [4.78, 5) is 1.91. The minimum Gasteiger partial charge on any atom is -0.493 e. The van der Waals surface area contributed by atoms with Crippen LogP contribution in [0.3, 0.4) is 0 Å². The number of hydrogen-bond donors (Lipinski definition) is 0. The van der Waals surface area contributed by atoms with Crippen LogP contribution in [-0.2, 0) is 0 Å². The van der Waals surface area contributed by atoms with Gasteiger partial charge in [-0.1, -0.05) is 0 Å². The highest BCUT2D eigenvalue weighted by Crippen LogP contribution is 2.30. The molecule has 0 aliphatic rings. The smallest absolute Gasteiger partial charge is 0.162 e. The Kier molecular flexibility index (Phi) is 3.89. The predicted octanol–water partition coefficient (Wildman–Crippen LogP) is 2.34. The lowest BCUT2D eigenvalue weighted by molar-refractivity contribution is 0.355. The van der Waals surface area contributed by atoms with Gasteiger partial charge in [0.1, 0.15) is 0 Å². The molecule has 1 aromatic carbocycles. The highest BCUT2D eigenvalue weighted by Gasteiger charge is 2.06. The quantitative estimate of drug-likeness (QED) is 0.569. The van der Waals surface area contributed by atoms with Crippen molar-refractivity contribution in [3.63, 3.8) is 0 Å². The fraction of sp³-hybridized carbons (Fsp3) is 0.400. The molecule has 0 fully saturated rings. The van der Waals surface area contributed by atoms with Gasteiger partial charge in [-0.15, -0.1) is 11.6 Å². The maximum absolute atomic E-state index is 5.71. The van der Waals surface area contributed by atoms with Gasteiger partial charge in [-0.25, -0.2) is 0 Å². The van der Waals surface area contributed by atoms with Crippen molar-refractivity contribution in [1.82, 2.24) is 0 Å². The molecule has 3 nitrogen and oxygen atoms in total. The Balaban J connectivity index is 3.01. The average molecular weight is 216 g/mol. The number of anilines is 1. The molecule has 0 aromatic heterocycles. The van der Waals surface area contributed by atoms with E-state index in [0.29, 0.717) is 11.8 Å². The average Bonchev–Trinajstić information content (AvgIpc) is 2.26. The highest BCUT2D eigenvalue weighted by atomic mass is 35.5. The van der Waals surface area contributed by atoms with Gasteiger partial charge in [-0.05, 0) is 12.1 Å². The van der Waals surface area contributed by atoms with Gasteiger partial charge in [0.05, 0.1) is 20.2 Å². The monoisotopic (exact) mass is 215 g/mol. The van der Waals surface area contributed by atoms with Gasteiger partial charge in [-0.2, -0.15) is 0 Å². The fourth-order valence-corrected chi connectivity index (χ4v) is 1.27. The number of halogens is 1. The van der Waals surface area contributed by atoms with Gasteiger partial charge in [0.2, 0.25) is 0 Å². The number of ether oxygens (including phenoxy) is 2. The van der Waals surface area contributed by atoms with E-state index in [4.69, 9.17) is 21.1 Å². The molecule has 0 saturated heterocycles. The van der Waals surface area contributed by atoms with Crippen LogP contribution in [0.25, 0.3) is 0 Å². The molecule has 1 rings (SSSR count). The Morgan fingerprint density at radius 3 is 2.36 bits per heavy atom. The van der Waals surface area contributed by atoms with Gasteiger partial charge >= 0.3 is 0 Å². The van der Waals surface area contributed by atoms with Crippen molar-refractivity contribution in [2.75, 3.05) is 32.2 Å². The van der Waals surface area contributed by atoms with E-state index in [2.05, 4.69) is 0 Å². The first kappa shape index (κ1) is 11.0. The zero-order valence-corrected chi connectivity index (χ0v) is 9.34. The van der Waals surface area contributed by atoms with Crippen LogP contribution in [0.2, 0.25) is 0 Å². The number of alkyl halides is 1. The van der Waals surface area contributed by atoms with Crippen molar-refractivity contribution in [2.24, 2.45) is 0 Å². The zero-order valence-electron chi connectivity index (χ0n) is 8.58. The van der Waals surface area contributed by atoms with Crippen LogP contribution in [-0.4, -0.2) is 27.3 Å². The summed E-state index contributed by atoms with van der Waals surface area (Å²) in [6.45, 7) is 0. The van der Waals surface area contributed by atoms with Gasteiger partial charge in [-0.3, -0.25) is 0 Å². The minimum atomic E-state index is 0.440. The summed E-state index contributed by atoms with van der Waals surface area (Å²) >= 11 is 5.71. The van der Waals surface area contributed by atoms with Crippen molar-refractivity contribution in [3.05, 3.63) is 18.2 Å². The van der Waals surface area contributed by atoms with E-state index in [-0.39, 0.29) is 0 Å². The van der Waals surface area contributed by atoms with Crippen molar-refractivity contribution < 1.29 is 9.47 Å². The van der Waals surface area contributed by atoms with Crippen LogP contribution in [0, 0.1) is 0 Å². The maximum atomic E-state index is 5.71. The van der Waals surface area contributed by atoms with E-state index in [1.165, 1.54) is 0 Å². The molecule has 0 N–H and O–H groups in total. The first-order chi connectivity index (χ1) is 6.72. The third kappa shape index (κ3) is 2.23. The molecule has 0 aliphatic carbocycles. The first-order valence-electron chi connectivity index (χ1n) is 4.22. The Hall–Kier alpha value is -1.09. The molecule has 0 heterocycles. The van der Waals surface area contributed by atoms with Gasteiger partial charge < -0.3 is 14.4 Å². The third-order valence-electron chi connectivity index (χ3n) is 1.99. The number of methoxy groups -OCH3 is 2. The maximum Gasteiger partial charge on any atom is 0.162 e. The molecule has 0 amide bonds. The summed E-state index contributed by atoms with van der Waals surface area (Å²) in [5.74, 6) is 1.43. The standard InChI is InChI=1S/C10H14ClNO2/c1-12(7-11)8-4-5-9(13-2)10(6-8)14-3/h4-6H,7H2,1-3H3. The largest absolute Gasteiger partial charge is 0.493 e. The van der Waals surface area contributed by atoms with Gasteiger partial charge in [0.15, 0.2) is 11.5 Å². The molecule has 78 valence electrons. The molecule has 0 unspecified atom stereocenters. The van der Waals surface area contributed by atoms with Gasteiger partial charge in [0, 0.05) is 18.8 Å². The molecule has 0 spiro atoms. The van der Waals surface area contributed by atoms with Crippen molar-refractivity contribution in [2.45, 2.75) is 0 Å². The Morgan fingerprint density at radius 2 is 1.86 bits per heavy atom. The molecule has 4 heteroatoms. The zero-order chi connectivity index (χ0) is 10.6. The first-order valence-corrected chi connectivity index (χ1v) is 4.75. The Labute approximate surface area is 89.2 Å². The minimum absolute atomic E-state index is 0.440. The second kappa shape index (κ2) is 4.96. The predicted molar refractivity (Wildman–Crippen MR) is 58.7 cm³/mol. The number of hydrogen-bond acceptors (Lipinski definition) is 3. The molecule has 1 aromatic rings. The molecule has 0 bridgehead atoms. The van der Waals surface area contributed by atoms with Crippen LogP contribution in [0.1, 0.15) is 0 Å². The summed E-state index contributed by atoms with van der Waals surface area (Å²) < 4.78 is 10.3. The van der Waals surface area contributed by atoms with Crippen LogP contribution in [0.5, 0.6) is 11.5 Å². The summed E-state index contributed by atoms with van der Waals surface area (Å²) in [6, 6.07) is 6.12. The molecule has 14 heavy (non-hydrogen) atoms. The van der Waals surface area contributed by atoms with Crippen molar-refractivity contribution in [3.8, 4) is 11.5 Å². The number of rotatable bonds is 4. The fourth-order valence-electron chi connectivity index (χ4n) is 1.13. The number of nitrogens with zero attached hydrogens (tertiary/aromatic N) is 1. The highest BCUT2D eigenvalue weighted by molar-refractivity contribution is 6.18. The second-order valence-corrected chi connectivity index (χ2v) is 3.10. The molecule has 0 aliphatic heterocycles.